The zero-order valence-corrected chi connectivity index (χ0v) is 19.7. The maximum absolute atomic E-state index is 14.4. The van der Waals surface area contributed by atoms with Gasteiger partial charge in [-0.05, 0) is 48.5 Å². The molecule has 0 radical (unpaired) electrons. The zero-order valence-electron chi connectivity index (χ0n) is 17.3. The lowest BCUT2D eigenvalue weighted by Gasteiger charge is -2.35. The topological polar surface area (TPSA) is 69.7 Å². The quantitative estimate of drug-likeness (QED) is 0.533. The van der Waals surface area contributed by atoms with Gasteiger partial charge in [-0.15, -0.1) is 0 Å². The summed E-state index contributed by atoms with van der Waals surface area (Å²) < 4.78 is 42.2. The van der Waals surface area contributed by atoms with Gasteiger partial charge in [0.1, 0.15) is 5.82 Å². The molecule has 0 bridgehead atoms. The molecule has 1 amide bonds. The highest BCUT2D eigenvalue weighted by Gasteiger charge is 2.30. The number of piperazine rings is 1. The smallest absolute Gasteiger partial charge is 0.258 e. The van der Waals surface area contributed by atoms with Crippen LogP contribution in [0.1, 0.15) is 10.4 Å². The molecule has 1 N–H and O–H groups in total. The van der Waals surface area contributed by atoms with Crippen molar-refractivity contribution in [2.24, 2.45) is 0 Å². The summed E-state index contributed by atoms with van der Waals surface area (Å²) in [6, 6.07) is 17.4. The Labute approximate surface area is 201 Å². The molecule has 33 heavy (non-hydrogen) atoms. The van der Waals surface area contributed by atoms with Gasteiger partial charge >= 0.3 is 0 Å². The van der Waals surface area contributed by atoms with E-state index in [9.17, 15) is 17.6 Å². The summed E-state index contributed by atoms with van der Waals surface area (Å²) in [5.41, 5.74) is 0.809. The number of sulfonamides is 1. The summed E-state index contributed by atoms with van der Waals surface area (Å²) in [5, 5.41) is 3.03. The number of benzene rings is 3. The Morgan fingerprint density at radius 3 is 2.30 bits per heavy atom. The number of nitrogens with one attached hydrogen (secondary N) is 1. The molecule has 4 rings (SSSR count). The number of hydrogen-bond donors (Lipinski definition) is 1. The van der Waals surface area contributed by atoms with Crippen LogP contribution in [0, 0.1) is 5.82 Å². The van der Waals surface area contributed by atoms with E-state index in [-0.39, 0.29) is 28.7 Å². The molecule has 3 aromatic carbocycles. The molecule has 0 aromatic heterocycles. The minimum absolute atomic E-state index is 0.153. The molecular weight excluding hydrogens is 488 g/mol. The molecule has 0 atom stereocenters. The van der Waals surface area contributed by atoms with E-state index in [2.05, 4.69) is 10.2 Å². The SMILES string of the molecule is O=C(Nc1cc(Cl)ccc1Cl)c1cc(S(=O)(=O)N2CCN(c3ccccc3)CC2)ccc1F. The van der Waals surface area contributed by atoms with E-state index >= 15 is 0 Å². The van der Waals surface area contributed by atoms with E-state index in [1.807, 2.05) is 30.3 Å². The Balaban J connectivity index is 1.53. The molecule has 0 unspecified atom stereocenters. The minimum Gasteiger partial charge on any atom is -0.369 e. The summed E-state index contributed by atoms with van der Waals surface area (Å²) >= 11 is 12.0. The van der Waals surface area contributed by atoms with Crippen molar-refractivity contribution in [2.45, 2.75) is 4.90 Å². The number of halogens is 3. The first-order valence-electron chi connectivity index (χ1n) is 10.1. The summed E-state index contributed by atoms with van der Waals surface area (Å²) in [7, 11) is -3.92. The van der Waals surface area contributed by atoms with Crippen LogP contribution in [-0.2, 0) is 10.0 Å². The first-order valence-corrected chi connectivity index (χ1v) is 12.3. The standard InChI is InChI=1S/C23H20Cl2FN3O3S/c24-16-6-8-20(25)22(14-16)27-23(30)19-15-18(7-9-21(19)26)33(31,32)29-12-10-28(11-13-29)17-4-2-1-3-5-17/h1-9,14-15H,10-13H2,(H,27,30). The van der Waals surface area contributed by atoms with Crippen molar-refractivity contribution in [3.63, 3.8) is 0 Å². The second-order valence-corrected chi connectivity index (χ2v) is 10.2. The fourth-order valence-corrected chi connectivity index (χ4v) is 5.38. The minimum atomic E-state index is -3.92. The van der Waals surface area contributed by atoms with Gasteiger partial charge in [-0.25, -0.2) is 12.8 Å². The molecule has 10 heteroatoms. The zero-order chi connectivity index (χ0) is 23.6. The Hall–Kier alpha value is -2.65. The van der Waals surface area contributed by atoms with Gasteiger partial charge in [0.15, 0.2) is 0 Å². The molecule has 1 aliphatic heterocycles. The molecule has 6 nitrogen and oxygen atoms in total. The molecule has 3 aromatic rings. The average molecular weight is 508 g/mol. The summed E-state index contributed by atoms with van der Waals surface area (Å²) in [4.78, 5) is 14.6. The van der Waals surface area contributed by atoms with Crippen LogP contribution < -0.4 is 10.2 Å². The average Bonchev–Trinajstić information content (AvgIpc) is 2.82. The number of rotatable bonds is 5. The second kappa shape index (κ2) is 9.69. The van der Waals surface area contributed by atoms with E-state index in [1.54, 1.807) is 6.07 Å². The number of nitrogens with zero attached hydrogens (tertiary/aromatic N) is 2. The van der Waals surface area contributed by atoms with Crippen LogP contribution in [0.25, 0.3) is 0 Å². The lowest BCUT2D eigenvalue weighted by atomic mass is 10.2. The number of carbonyl (C=O) groups is 1. The van der Waals surface area contributed by atoms with Gasteiger partial charge in [0.05, 0.1) is 21.2 Å². The maximum atomic E-state index is 14.4. The summed E-state index contributed by atoms with van der Waals surface area (Å²) in [6.07, 6.45) is 0. The van der Waals surface area contributed by atoms with E-state index in [0.717, 1.165) is 23.9 Å². The predicted octanol–water partition coefficient (Wildman–Crippen LogP) is 4.90. The largest absolute Gasteiger partial charge is 0.369 e. The first kappa shape index (κ1) is 23.5. The monoisotopic (exact) mass is 507 g/mol. The van der Waals surface area contributed by atoms with Crippen molar-refractivity contribution in [3.05, 3.63) is 88.2 Å². The van der Waals surface area contributed by atoms with Gasteiger partial charge in [0.2, 0.25) is 10.0 Å². The van der Waals surface area contributed by atoms with Gasteiger partial charge < -0.3 is 10.2 Å². The highest BCUT2D eigenvalue weighted by atomic mass is 35.5. The molecule has 1 aliphatic rings. The molecule has 1 fully saturated rings. The number of para-hydroxylation sites is 1. The van der Waals surface area contributed by atoms with Gasteiger partial charge in [-0.3, -0.25) is 4.79 Å². The van der Waals surface area contributed by atoms with E-state index in [4.69, 9.17) is 23.2 Å². The van der Waals surface area contributed by atoms with Gasteiger partial charge in [-0.1, -0.05) is 41.4 Å². The fraction of sp³-hybridized carbons (Fsp3) is 0.174. The molecule has 172 valence electrons. The van der Waals surface area contributed by atoms with Crippen molar-refractivity contribution in [3.8, 4) is 0 Å². The predicted molar refractivity (Wildman–Crippen MR) is 128 cm³/mol. The van der Waals surface area contributed by atoms with Crippen LogP contribution in [0.4, 0.5) is 15.8 Å². The van der Waals surface area contributed by atoms with Crippen LogP contribution in [0.5, 0.6) is 0 Å². The Bertz CT molecular complexity index is 1280. The number of carbonyl (C=O) groups excluding carboxylic acids is 1. The van der Waals surface area contributed by atoms with Crippen molar-refractivity contribution >= 4 is 50.5 Å². The van der Waals surface area contributed by atoms with Crippen molar-refractivity contribution in [1.82, 2.24) is 4.31 Å². The molecule has 1 heterocycles. The van der Waals surface area contributed by atoms with Gasteiger partial charge in [0, 0.05) is 36.9 Å². The Kier molecular flexibility index (Phi) is 6.90. The van der Waals surface area contributed by atoms with Gasteiger partial charge in [-0.2, -0.15) is 4.31 Å². The highest BCUT2D eigenvalue weighted by molar-refractivity contribution is 7.89. The van der Waals surface area contributed by atoms with Crippen LogP contribution in [-0.4, -0.2) is 44.8 Å². The van der Waals surface area contributed by atoms with Crippen LogP contribution >= 0.6 is 23.2 Å². The summed E-state index contributed by atoms with van der Waals surface area (Å²) in [5.74, 6) is -1.68. The van der Waals surface area contributed by atoms with E-state index < -0.39 is 27.3 Å². The van der Waals surface area contributed by atoms with Crippen LogP contribution in [0.15, 0.2) is 71.6 Å². The molecule has 0 aliphatic carbocycles. The number of amides is 1. The summed E-state index contributed by atoms with van der Waals surface area (Å²) in [6.45, 7) is 1.58. The van der Waals surface area contributed by atoms with Crippen molar-refractivity contribution in [2.75, 3.05) is 36.4 Å². The third kappa shape index (κ3) is 5.14. The normalized spacial score (nSPS) is 14.8. The lowest BCUT2D eigenvalue weighted by molar-refractivity contribution is 0.102. The third-order valence-electron chi connectivity index (χ3n) is 5.36. The van der Waals surface area contributed by atoms with Crippen molar-refractivity contribution < 1.29 is 17.6 Å². The lowest BCUT2D eigenvalue weighted by Crippen LogP contribution is -2.48. The van der Waals surface area contributed by atoms with Crippen LogP contribution in [0.3, 0.4) is 0 Å². The first-order chi connectivity index (χ1) is 15.8. The van der Waals surface area contributed by atoms with Gasteiger partial charge in [0.25, 0.3) is 5.91 Å². The number of anilines is 2. The van der Waals surface area contributed by atoms with Crippen LogP contribution in [0.2, 0.25) is 10.0 Å². The third-order valence-corrected chi connectivity index (χ3v) is 7.82. The number of hydrogen-bond acceptors (Lipinski definition) is 4. The molecule has 0 spiro atoms. The Morgan fingerprint density at radius 2 is 1.61 bits per heavy atom. The Morgan fingerprint density at radius 1 is 0.909 bits per heavy atom. The maximum Gasteiger partial charge on any atom is 0.258 e. The highest BCUT2D eigenvalue weighted by Crippen LogP contribution is 2.27. The fourth-order valence-electron chi connectivity index (χ4n) is 3.60. The van der Waals surface area contributed by atoms with Crippen molar-refractivity contribution in [1.29, 1.82) is 0 Å². The molecule has 0 saturated carbocycles. The van der Waals surface area contributed by atoms with E-state index in [1.165, 1.54) is 16.4 Å². The second-order valence-electron chi connectivity index (χ2n) is 7.45. The van der Waals surface area contributed by atoms with E-state index in [0.29, 0.717) is 18.1 Å². The molecular formula is C23H20Cl2FN3O3S. The molecule has 1 saturated heterocycles.